The Balaban J connectivity index is 1.99. The minimum absolute atomic E-state index is 0.520. The molecule has 0 aliphatic rings. The maximum atomic E-state index is 5.71. The molecule has 0 spiro atoms. The molecule has 2 nitrogen and oxygen atoms in total. The molecule has 0 atom stereocenters. The number of aromatic nitrogens is 1. The number of nitrogens with zero attached hydrogens (tertiary/aromatic N) is 1. The Morgan fingerprint density at radius 3 is 2.83 bits per heavy atom. The van der Waals surface area contributed by atoms with Crippen LogP contribution in [0.3, 0.4) is 0 Å². The van der Waals surface area contributed by atoms with Crippen LogP contribution in [0.4, 0.5) is 0 Å². The summed E-state index contributed by atoms with van der Waals surface area (Å²) in [6.45, 7) is 0.520. The Hall–Kier alpha value is -1.01. The molecule has 0 aliphatic carbocycles. The third-order valence-electron chi connectivity index (χ3n) is 2.63. The summed E-state index contributed by atoms with van der Waals surface area (Å²) in [6, 6.07) is 6.39. The number of rotatable bonds is 4. The zero-order valence-corrected chi connectivity index (χ0v) is 12.1. The summed E-state index contributed by atoms with van der Waals surface area (Å²) < 4.78 is 0. The van der Waals surface area contributed by atoms with Gasteiger partial charge in [-0.25, -0.2) is 4.98 Å². The Kier molecular flexibility index (Phi) is 3.56. The van der Waals surface area contributed by atoms with E-state index in [-0.39, 0.29) is 0 Å². The van der Waals surface area contributed by atoms with Gasteiger partial charge in [0.2, 0.25) is 0 Å². The van der Waals surface area contributed by atoms with Crippen LogP contribution in [-0.4, -0.2) is 4.98 Å². The Bertz CT molecular complexity index is 609. The number of nitrogens with two attached hydrogens (primary N) is 1. The summed E-state index contributed by atoms with van der Waals surface area (Å²) in [4.78, 5) is 7.35. The maximum absolute atomic E-state index is 5.71. The van der Waals surface area contributed by atoms with Crippen LogP contribution in [0.2, 0.25) is 0 Å². The van der Waals surface area contributed by atoms with Gasteiger partial charge in [0.15, 0.2) is 0 Å². The van der Waals surface area contributed by atoms with E-state index in [9.17, 15) is 0 Å². The highest BCUT2D eigenvalue weighted by Gasteiger charge is 2.13. The van der Waals surface area contributed by atoms with Crippen molar-refractivity contribution in [3.63, 3.8) is 0 Å². The van der Waals surface area contributed by atoms with Crippen molar-refractivity contribution in [2.24, 2.45) is 5.73 Å². The molecule has 0 bridgehead atoms. The summed E-state index contributed by atoms with van der Waals surface area (Å²) in [5, 5.41) is 7.37. The summed E-state index contributed by atoms with van der Waals surface area (Å²) in [5.41, 5.74) is 8.03. The second-order valence-electron chi connectivity index (χ2n) is 3.85. The topological polar surface area (TPSA) is 38.9 Å². The van der Waals surface area contributed by atoms with Gasteiger partial charge < -0.3 is 5.73 Å². The number of thiophene rings is 2. The molecule has 0 aromatic carbocycles. The summed E-state index contributed by atoms with van der Waals surface area (Å²) in [7, 11) is 0. The normalized spacial score (nSPS) is 10.9. The minimum atomic E-state index is 0.520. The third kappa shape index (κ3) is 2.40. The molecule has 3 heterocycles. The fourth-order valence-corrected chi connectivity index (χ4v) is 4.24. The monoisotopic (exact) mass is 292 g/mol. The SMILES string of the molecule is NCc1nc(-c2ccsc2)c(Cc2cccs2)s1. The Morgan fingerprint density at radius 2 is 2.17 bits per heavy atom. The molecule has 0 fully saturated rings. The van der Waals surface area contributed by atoms with Crippen LogP contribution < -0.4 is 5.73 Å². The van der Waals surface area contributed by atoms with Crippen molar-refractivity contribution in [3.05, 3.63) is 49.1 Å². The number of hydrogen-bond acceptors (Lipinski definition) is 5. The van der Waals surface area contributed by atoms with E-state index < -0.39 is 0 Å². The molecule has 3 aromatic rings. The van der Waals surface area contributed by atoms with Crippen molar-refractivity contribution in [2.45, 2.75) is 13.0 Å². The van der Waals surface area contributed by atoms with Crippen LogP contribution in [0, 0.1) is 0 Å². The van der Waals surface area contributed by atoms with Gasteiger partial charge in [0.05, 0.1) is 5.69 Å². The van der Waals surface area contributed by atoms with Crippen molar-refractivity contribution in [3.8, 4) is 11.3 Å². The molecule has 18 heavy (non-hydrogen) atoms. The molecule has 0 amide bonds. The molecule has 0 saturated carbocycles. The Labute approximate surface area is 118 Å². The first kappa shape index (κ1) is 12.0. The van der Waals surface area contributed by atoms with Crippen LogP contribution in [-0.2, 0) is 13.0 Å². The molecule has 0 unspecified atom stereocenters. The van der Waals surface area contributed by atoms with Gasteiger partial charge in [-0.1, -0.05) is 6.07 Å². The minimum Gasteiger partial charge on any atom is -0.325 e. The van der Waals surface area contributed by atoms with E-state index in [1.165, 1.54) is 15.3 Å². The van der Waals surface area contributed by atoms with Gasteiger partial charge in [0.1, 0.15) is 5.01 Å². The van der Waals surface area contributed by atoms with Crippen LogP contribution in [0.5, 0.6) is 0 Å². The standard InChI is InChI=1S/C13H12N2S3/c14-7-12-15-13(9-3-5-16-8-9)11(18-12)6-10-2-1-4-17-10/h1-5,8H,6-7,14H2. The van der Waals surface area contributed by atoms with Crippen molar-refractivity contribution in [2.75, 3.05) is 0 Å². The average Bonchev–Trinajstić information content (AvgIpc) is 3.10. The van der Waals surface area contributed by atoms with Crippen LogP contribution in [0.25, 0.3) is 11.3 Å². The smallest absolute Gasteiger partial charge is 0.107 e. The third-order valence-corrected chi connectivity index (χ3v) is 5.26. The molecule has 92 valence electrons. The van der Waals surface area contributed by atoms with E-state index in [1.807, 2.05) is 0 Å². The highest BCUT2D eigenvalue weighted by atomic mass is 32.1. The summed E-state index contributed by atoms with van der Waals surface area (Å²) >= 11 is 5.23. The Morgan fingerprint density at radius 1 is 1.22 bits per heavy atom. The van der Waals surface area contributed by atoms with Crippen LogP contribution in [0.15, 0.2) is 34.3 Å². The van der Waals surface area contributed by atoms with Crippen LogP contribution >= 0.6 is 34.0 Å². The highest BCUT2D eigenvalue weighted by Crippen LogP contribution is 2.32. The largest absolute Gasteiger partial charge is 0.325 e. The van der Waals surface area contributed by atoms with Gasteiger partial charge in [0, 0.05) is 33.7 Å². The van der Waals surface area contributed by atoms with Gasteiger partial charge in [-0.2, -0.15) is 11.3 Å². The fourth-order valence-electron chi connectivity index (χ4n) is 1.80. The zero-order chi connectivity index (χ0) is 12.4. The molecule has 2 N–H and O–H groups in total. The second kappa shape index (κ2) is 5.32. The number of hydrogen-bond donors (Lipinski definition) is 1. The predicted molar refractivity (Wildman–Crippen MR) is 80.4 cm³/mol. The van der Waals surface area contributed by atoms with E-state index in [2.05, 4.69) is 39.3 Å². The summed E-state index contributed by atoms with van der Waals surface area (Å²) in [5.74, 6) is 0. The van der Waals surface area contributed by atoms with Gasteiger partial charge >= 0.3 is 0 Å². The van der Waals surface area contributed by atoms with Crippen LogP contribution in [0.1, 0.15) is 14.8 Å². The number of thiazole rings is 1. The van der Waals surface area contributed by atoms with Crippen molar-refractivity contribution < 1.29 is 0 Å². The van der Waals surface area contributed by atoms with Crippen molar-refractivity contribution in [1.82, 2.24) is 4.98 Å². The fraction of sp³-hybridized carbons (Fsp3) is 0.154. The molecule has 3 aromatic heterocycles. The molecular formula is C13H12N2S3. The molecule has 0 aliphatic heterocycles. The molecule has 5 heteroatoms. The van der Waals surface area contributed by atoms with Gasteiger partial charge in [0.25, 0.3) is 0 Å². The lowest BCUT2D eigenvalue weighted by molar-refractivity contribution is 1.04. The first-order valence-corrected chi connectivity index (χ1v) is 8.24. The van der Waals surface area contributed by atoms with Gasteiger partial charge in [-0.3, -0.25) is 0 Å². The lowest BCUT2D eigenvalue weighted by Crippen LogP contribution is -1.94. The van der Waals surface area contributed by atoms with Gasteiger partial charge in [-0.15, -0.1) is 22.7 Å². The van der Waals surface area contributed by atoms with Gasteiger partial charge in [-0.05, 0) is 22.9 Å². The zero-order valence-electron chi connectivity index (χ0n) is 9.63. The van der Waals surface area contributed by atoms with E-state index in [0.29, 0.717) is 6.54 Å². The predicted octanol–water partition coefficient (Wildman–Crippen LogP) is 3.98. The molecular weight excluding hydrogens is 280 g/mol. The average molecular weight is 292 g/mol. The quantitative estimate of drug-likeness (QED) is 0.790. The van der Waals surface area contributed by atoms with E-state index in [1.54, 1.807) is 34.0 Å². The van der Waals surface area contributed by atoms with E-state index in [0.717, 1.165) is 17.1 Å². The second-order valence-corrected chi connectivity index (χ2v) is 6.83. The molecule has 0 radical (unpaired) electrons. The lowest BCUT2D eigenvalue weighted by atomic mass is 10.2. The summed E-state index contributed by atoms with van der Waals surface area (Å²) in [6.07, 6.45) is 0.959. The van der Waals surface area contributed by atoms with Crippen molar-refractivity contribution >= 4 is 34.0 Å². The first-order chi connectivity index (χ1) is 8.86. The highest BCUT2D eigenvalue weighted by molar-refractivity contribution is 7.13. The van der Waals surface area contributed by atoms with E-state index >= 15 is 0 Å². The molecule has 0 saturated heterocycles. The van der Waals surface area contributed by atoms with Crippen molar-refractivity contribution in [1.29, 1.82) is 0 Å². The molecule has 3 rings (SSSR count). The maximum Gasteiger partial charge on any atom is 0.107 e. The van der Waals surface area contributed by atoms with E-state index in [4.69, 9.17) is 5.73 Å². The lowest BCUT2D eigenvalue weighted by Gasteiger charge is -1.98. The first-order valence-electron chi connectivity index (χ1n) is 5.60.